The highest BCUT2D eigenvalue weighted by Gasteiger charge is 2.02. The Bertz CT molecular complexity index is 111. The topological polar surface area (TPSA) is 30.5 Å². The van der Waals surface area contributed by atoms with Crippen molar-refractivity contribution in [1.82, 2.24) is 5.32 Å². The van der Waals surface area contributed by atoms with Crippen LogP contribution in [0.5, 0.6) is 0 Å². The Morgan fingerprint density at radius 3 is 2.36 bits per heavy atom. The Hall–Kier alpha value is -0.380. The van der Waals surface area contributed by atoms with Crippen molar-refractivity contribution in [3.63, 3.8) is 0 Å². The molecule has 0 amide bonds. The number of hydrogen-bond acceptors (Lipinski definition) is 3. The van der Waals surface area contributed by atoms with Crippen LogP contribution in [0.15, 0.2) is 12.2 Å². The van der Waals surface area contributed by atoms with E-state index in [0.29, 0.717) is 6.54 Å². The van der Waals surface area contributed by atoms with Crippen LogP contribution in [-0.4, -0.2) is 33.6 Å². The maximum atomic E-state index is 4.97. The second-order valence-electron chi connectivity index (χ2n) is 2.49. The number of ether oxygens (including phenoxy) is 2. The fraction of sp³-hybridized carbons (Fsp3) is 0.750. The minimum Gasteiger partial charge on any atom is -0.355 e. The van der Waals surface area contributed by atoms with Gasteiger partial charge in [-0.3, -0.25) is 0 Å². The monoisotopic (exact) mass is 159 g/mol. The first kappa shape index (κ1) is 10.6. The number of rotatable bonds is 6. The molecule has 0 unspecified atom stereocenters. The summed E-state index contributed by atoms with van der Waals surface area (Å²) in [6.45, 7) is 7.24. The van der Waals surface area contributed by atoms with Gasteiger partial charge in [0.2, 0.25) is 0 Å². The van der Waals surface area contributed by atoms with Crippen molar-refractivity contribution in [3.05, 3.63) is 12.2 Å². The van der Waals surface area contributed by atoms with Gasteiger partial charge in [-0.25, -0.2) is 0 Å². The average molecular weight is 159 g/mol. The molecular weight excluding hydrogens is 142 g/mol. The van der Waals surface area contributed by atoms with E-state index in [4.69, 9.17) is 9.47 Å². The molecule has 0 aliphatic carbocycles. The van der Waals surface area contributed by atoms with Gasteiger partial charge in [-0.05, 0) is 6.92 Å². The van der Waals surface area contributed by atoms with Crippen molar-refractivity contribution in [3.8, 4) is 0 Å². The van der Waals surface area contributed by atoms with E-state index in [9.17, 15) is 0 Å². The van der Waals surface area contributed by atoms with Crippen LogP contribution in [0.25, 0.3) is 0 Å². The average Bonchev–Trinajstić information content (AvgIpc) is 1.98. The van der Waals surface area contributed by atoms with Crippen molar-refractivity contribution in [2.24, 2.45) is 0 Å². The second-order valence-corrected chi connectivity index (χ2v) is 2.49. The van der Waals surface area contributed by atoms with Crippen LogP contribution in [0, 0.1) is 0 Å². The molecule has 0 rings (SSSR count). The standard InChI is InChI=1S/C8H17NO2/c1-7(2)5-9-6-8(10-3)11-4/h8-9H,1,5-6H2,2-4H3. The first-order valence-corrected chi connectivity index (χ1v) is 3.61. The Morgan fingerprint density at radius 1 is 1.45 bits per heavy atom. The summed E-state index contributed by atoms with van der Waals surface area (Å²) in [5, 5.41) is 3.14. The van der Waals surface area contributed by atoms with Crippen LogP contribution in [0.3, 0.4) is 0 Å². The van der Waals surface area contributed by atoms with Crippen LogP contribution < -0.4 is 5.32 Å². The molecule has 0 bridgehead atoms. The third-order valence-electron chi connectivity index (χ3n) is 1.26. The molecule has 3 nitrogen and oxygen atoms in total. The maximum absolute atomic E-state index is 4.97. The van der Waals surface area contributed by atoms with Gasteiger partial charge >= 0.3 is 0 Å². The van der Waals surface area contributed by atoms with Crippen molar-refractivity contribution in [2.45, 2.75) is 13.2 Å². The molecule has 0 aliphatic heterocycles. The molecule has 66 valence electrons. The number of nitrogens with one attached hydrogen (secondary N) is 1. The lowest BCUT2D eigenvalue weighted by atomic mass is 10.3. The van der Waals surface area contributed by atoms with Gasteiger partial charge in [0.05, 0.1) is 0 Å². The molecule has 11 heavy (non-hydrogen) atoms. The van der Waals surface area contributed by atoms with Gasteiger partial charge in [-0.15, -0.1) is 0 Å². The summed E-state index contributed by atoms with van der Waals surface area (Å²) >= 11 is 0. The van der Waals surface area contributed by atoms with Crippen molar-refractivity contribution in [2.75, 3.05) is 27.3 Å². The Labute approximate surface area is 68.4 Å². The predicted octanol–water partition coefficient (Wildman–Crippen LogP) is 0.771. The number of hydrogen-bond donors (Lipinski definition) is 1. The van der Waals surface area contributed by atoms with E-state index in [1.807, 2.05) is 6.92 Å². The van der Waals surface area contributed by atoms with E-state index in [1.54, 1.807) is 14.2 Å². The largest absolute Gasteiger partial charge is 0.355 e. The highest BCUT2D eigenvalue weighted by Crippen LogP contribution is 1.88. The SMILES string of the molecule is C=C(C)CNCC(OC)OC. The maximum Gasteiger partial charge on any atom is 0.169 e. The van der Waals surface area contributed by atoms with Crippen LogP contribution in [0.2, 0.25) is 0 Å². The van der Waals surface area contributed by atoms with Crippen molar-refractivity contribution < 1.29 is 9.47 Å². The molecule has 3 heteroatoms. The highest BCUT2D eigenvalue weighted by molar-refractivity contribution is 4.90. The van der Waals surface area contributed by atoms with Crippen LogP contribution in [0.4, 0.5) is 0 Å². The molecule has 0 aliphatic rings. The van der Waals surface area contributed by atoms with Gasteiger partial charge in [0.1, 0.15) is 0 Å². The first-order chi connectivity index (χ1) is 5.20. The Balaban J connectivity index is 3.28. The van der Waals surface area contributed by atoms with Gasteiger partial charge in [0, 0.05) is 27.3 Å². The lowest BCUT2D eigenvalue weighted by molar-refractivity contribution is -0.0983. The van der Waals surface area contributed by atoms with E-state index in [-0.39, 0.29) is 6.29 Å². The first-order valence-electron chi connectivity index (χ1n) is 3.61. The van der Waals surface area contributed by atoms with Gasteiger partial charge in [-0.2, -0.15) is 0 Å². The summed E-state index contributed by atoms with van der Waals surface area (Å²) in [6.07, 6.45) is -0.158. The lowest BCUT2D eigenvalue weighted by Gasteiger charge is -2.13. The van der Waals surface area contributed by atoms with Crippen molar-refractivity contribution >= 4 is 0 Å². The fourth-order valence-corrected chi connectivity index (χ4v) is 0.666. The zero-order chi connectivity index (χ0) is 8.69. The molecule has 0 aromatic heterocycles. The quantitative estimate of drug-likeness (QED) is 0.458. The van der Waals surface area contributed by atoms with E-state index >= 15 is 0 Å². The molecule has 0 atom stereocenters. The van der Waals surface area contributed by atoms with Crippen LogP contribution >= 0.6 is 0 Å². The number of methoxy groups -OCH3 is 2. The van der Waals surface area contributed by atoms with Gasteiger partial charge in [-0.1, -0.05) is 12.2 Å². The van der Waals surface area contributed by atoms with Crippen LogP contribution in [-0.2, 0) is 9.47 Å². The summed E-state index contributed by atoms with van der Waals surface area (Å²) in [5.74, 6) is 0. The third kappa shape index (κ3) is 6.04. The van der Waals surface area contributed by atoms with E-state index in [0.717, 1.165) is 12.1 Å². The lowest BCUT2D eigenvalue weighted by Crippen LogP contribution is -2.30. The van der Waals surface area contributed by atoms with Gasteiger partial charge < -0.3 is 14.8 Å². The predicted molar refractivity (Wildman–Crippen MR) is 45.5 cm³/mol. The summed E-state index contributed by atoms with van der Waals surface area (Å²) < 4.78 is 9.93. The van der Waals surface area contributed by atoms with Gasteiger partial charge in [0.25, 0.3) is 0 Å². The van der Waals surface area contributed by atoms with E-state index in [1.165, 1.54) is 0 Å². The zero-order valence-corrected chi connectivity index (χ0v) is 7.52. The van der Waals surface area contributed by atoms with Gasteiger partial charge in [0.15, 0.2) is 6.29 Å². The molecule has 0 aromatic carbocycles. The van der Waals surface area contributed by atoms with Crippen LogP contribution in [0.1, 0.15) is 6.92 Å². The molecule has 0 fully saturated rings. The zero-order valence-electron chi connectivity index (χ0n) is 7.52. The van der Waals surface area contributed by atoms with E-state index < -0.39 is 0 Å². The Morgan fingerprint density at radius 2 is 2.00 bits per heavy atom. The molecular formula is C8H17NO2. The third-order valence-corrected chi connectivity index (χ3v) is 1.26. The summed E-state index contributed by atoms with van der Waals surface area (Å²) in [5.41, 5.74) is 1.11. The minimum absolute atomic E-state index is 0.158. The fourth-order valence-electron chi connectivity index (χ4n) is 0.666. The normalized spacial score (nSPS) is 10.5. The minimum atomic E-state index is -0.158. The molecule has 1 N–H and O–H groups in total. The summed E-state index contributed by atoms with van der Waals surface area (Å²) in [4.78, 5) is 0. The van der Waals surface area contributed by atoms with E-state index in [2.05, 4.69) is 11.9 Å². The molecule has 0 spiro atoms. The molecule has 0 radical (unpaired) electrons. The molecule has 0 aromatic rings. The summed E-state index contributed by atoms with van der Waals surface area (Å²) in [7, 11) is 3.24. The van der Waals surface area contributed by atoms with Crippen molar-refractivity contribution in [1.29, 1.82) is 0 Å². The second kappa shape index (κ2) is 6.34. The summed E-state index contributed by atoms with van der Waals surface area (Å²) in [6, 6.07) is 0. The smallest absolute Gasteiger partial charge is 0.169 e. The molecule has 0 saturated heterocycles. The Kier molecular flexibility index (Phi) is 6.12. The highest BCUT2D eigenvalue weighted by atomic mass is 16.7. The molecule has 0 heterocycles. The molecule has 0 saturated carbocycles.